The molecule has 3 aliphatic carbocycles. The molecule has 1 N–H and O–H groups in total. The average Bonchev–Trinajstić information content (AvgIpc) is 3.08. The van der Waals surface area contributed by atoms with Gasteiger partial charge in [-0.2, -0.15) is 0 Å². The lowest BCUT2D eigenvalue weighted by molar-refractivity contribution is 0.208. The Bertz CT molecular complexity index is 478. The van der Waals surface area contributed by atoms with Crippen LogP contribution in [0.5, 0.6) is 0 Å². The minimum Gasteiger partial charge on any atom is -0.310 e. The standard InChI is InChI=1S/C17H22BrN.ClH/c18-13-4-1-3-11(7-13)10-19-17-9-12-8-16(17)15-6-2-5-14(12)15;/h1,3-4,7,12,14-17,19H,2,5-6,8-10H2;1H. The summed E-state index contributed by atoms with van der Waals surface area (Å²) in [5, 5.41) is 3.85. The molecule has 5 unspecified atom stereocenters. The van der Waals surface area contributed by atoms with Gasteiger partial charge in [-0.25, -0.2) is 0 Å². The second kappa shape index (κ2) is 5.98. The Labute approximate surface area is 136 Å². The van der Waals surface area contributed by atoms with Gasteiger partial charge in [0.15, 0.2) is 0 Å². The molecular formula is C17H23BrClN. The molecular weight excluding hydrogens is 334 g/mol. The molecule has 3 heteroatoms. The first-order valence-electron chi connectivity index (χ1n) is 7.79. The smallest absolute Gasteiger partial charge is 0.0208 e. The first-order valence-corrected chi connectivity index (χ1v) is 8.58. The molecule has 3 aliphatic rings. The fraction of sp³-hybridized carbons (Fsp3) is 0.647. The fourth-order valence-electron chi connectivity index (χ4n) is 5.20. The van der Waals surface area contributed by atoms with E-state index in [2.05, 4.69) is 45.5 Å². The van der Waals surface area contributed by atoms with Crippen molar-refractivity contribution < 1.29 is 0 Å². The second-order valence-corrected chi connectivity index (χ2v) is 7.69. The van der Waals surface area contributed by atoms with Gasteiger partial charge in [0.1, 0.15) is 0 Å². The molecule has 0 aliphatic heterocycles. The first kappa shape index (κ1) is 14.9. The normalized spacial score (nSPS) is 37.8. The van der Waals surface area contributed by atoms with Gasteiger partial charge < -0.3 is 5.32 Å². The fourth-order valence-corrected chi connectivity index (χ4v) is 5.65. The largest absolute Gasteiger partial charge is 0.310 e. The minimum atomic E-state index is 0. The van der Waals surface area contributed by atoms with Crippen LogP contribution in [0.4, 0.5) is 0 Å². The molecule has 0 heterocycles. The lowest BCUT2D eigenvalue weighted by Gasteiger charge is -2.32. The van der Waals surface area contributed by atoms with Crippen LogP contribution in [0.15, 0.2) is 28.7 Å². The molecule has 2 bridgehead atoms. The predicted octanol–water partition coefficient (Wildman–Crippen LogP) is 4.79. The van der Waals surface area contributed by atoms with Crippen LogP contribution < -0.4 is 5.32 Å². The van der Waals surface area contributed by atoms with E-state index >= 15 is 0 Å². The van der Waals surface area contributed by atoms with Crippen molar-refractivity contribution in [3.63, 3.8) is 0 Å². The number of fused-ring (bicyclic) bond motifs is 5. The van der Waals surface area contributed by atoms with Crippen LogP contribution in [0.3, 0.4) is 0 Å². The zero-order valence-electron chi connectivity index (χ0n) is 11.7. The topological polar surface area (TPSA) is 12.0 Å². The molecule has 1 aromatic carbocycles. The summed E-state index contributed by atoms with van der Waals surface area (Å²) in [6.45, 7) is 1.03. The van der Waals surface area contributed by atoms with Gasteiger partial charge in [-0.15, -0.1) is 12.4 Å². The molecule has 3 fully saturated rings. The van der Waals surface area contributed by atoms with Gasteiger partial charge in [0.2, 0.25) is 0 Å². The highest BCUT2D eigenvalue weighted by molar-refractivity contribution is 9.10. The first-order chi connectivity index (χ1) is 9.31. The van der Waals surface area contributed by atoms with Crippen molar-refractivity contribution in [1.82, 2.24) is 5.32 Å². The van der Waals surface area contributed by atoms with E-state index in [1.807, 2.05) is 0 Å². The molecule has 0 radical (unpaired) electrons. The highest BCUT2D eigenvalue weighted by atomic mass is 79.9. The van der Waals surface area contributed by atoms with Gasteiger partial charge in [0.25, 0.3) is 0 Å². The number of nitrogens with one attached hydrogen (secondary N) is 1. The van der Waals surface area contributed by atoms with Crippen LogP contribution in [0.25, 0.3) is 0 Å². The summed E-state index contributed by atoms with van der Waals surface area (Å²) in [5.74, 6) is 4.22. The summed E-state index contributed by atoms with van der Waals surface area (Å²) >= 11 is 3.56. The maximum atomic E-state index is 3.85. The molecule has 4 rings (SSSR count). The Hall–Kier alpha value is -0.0500. The number of benzene rings is 1. The Balaban J connectivity index is 0.00000121. The molecule has 0 saturated heterocycles. The van der Waals surface area contributed by atoms with Crippen molar-refractivity contribution in [2.45, 2.75) is 44.7 Å². The molecule has 1 nitrogen and oxygen atoms in total. The van der Waals surface area contributed by atoms with Crippen molar-refractivity contribution in [1.29, 1.82) is 0 Å². The van der Waals surface area contributed by atoms with Crippen LogP contribution in [-0.2, 0) is 6.54 Å². The molecule has 3 saturated carbocycles. The molecule has 1 aromatic rings. The summed E-state index contributed by atoms with van der Waals surface area (Å²) in [5.41, 5.74) is 1.40. The van der Waals surface area contributed by atoms with Crippen LogP contribution in [0.1, 0.15) is 37.7 Å². The Morgan fingerprint density at radius 3 is 2.80 bits per heavy atom. The van der Waals surface area contributed by atoms with Crippen LogP contribution in [0.2, 0.25) is 0 Å². The molecule has 0 spiro atoms. The third-order valence-electron chi connectivity index (χ3n) is 5.89. The van der Waals surface area contributed by atoms with E-state index in [1.165, 1.54) is 42.1 Å². The van der Waals surface area contributed by atoms with Crippen molar-refractivity contribution in [3.05, 3.63) is 34.3 Å². The quantitative estimate of drug-likeness (QED) is 0.821. The van der Waals surface area contributed by atoms with Crippen LogP contribution >= 0.6 is 28.3 Å². The highest BCUT2D eigenvalue weighted by Crippen LogP contribution is 2.58. The summed E-state index contributed by atoms with van der Waals surface area (Å²) < 4.78 is 1.19. The van der Waals surface area contributed by atoms with Gasteiger partial charge in [-0.1, -0.05) is 34.5 Å². The van der Waals surface area contributed by atoms with E-state index in [0.717, 1.165) is 36.3 Å². The van der Waals surface area contributed by atoms with Gasteiger partial charge in [0.05, 0.1) is 0 Å². The summed E-state index contributed by atoms with van der Waals surface area (Å²) in [7, 11) is 0. The van der Waals surface area contributed by atoms with E-state index < -0.39 is 0 Å². The van der Waals surface area contributed by atoms with E-state index in [1.54, 1.807) is 0 Å². The number of hydrogen-bond acceptors (Lipinski definition) is 1. The SMILES string of the molecule is Brc1cccc(CNC2CC3CC2C2CCCC32)c1.Cl. The summed E-state index contributed by atoms with van der Waals surface area (Å²) in [6.07, 6.45) is 7.51. The summed E-state index contributed by atoms with van der Waals surface area (Å²) in [6, 6.07) is 9.49. The minimum absolute atomic E-state index is 0. The van der Waals surface area contributed by atoms with Crippen molar-refractivity contribution >= 4 is 28.3 Å². The lowest BCUT2D eigenvalue weighted by Crippen LogP contribution is -2.38. The van der Waals surface area contributed by atoms with Gasteiger partial charge in [0, 0.05) is 17.1 Å². The predicted molar refractivity (Wildman–Crippen MR) is 89.1 cm³/mol. The molecule has 0 aromatic heterocycles. The van der Waals surface area contributed by atoms with Gasteiger partial charge in [-0.05, 0) is 67.1 Å². The van der Waals surface area contributed by atoms with Crippen molar-refractivity contribution in [2.24, 2.45) is 23.7 Å². The Kier molecular flexibility index (Phi) is 4.45. The zero-order valence-corrected chi connectivity index (χ0v) is 14.1. The van der Waals surface area contributed by atoms with E-state index in [0.29, 0.717) is 0 Å². The number of halogens is 2. The Morgan fingerprint density at radius 2 is 1.95 bits per heavy atom. The van der Waals surface area contributed by atoms with Crippen LogP contribution in [-0.4, -0.2) is 6.04 Å². The molecule has 110 valence electrons. The highest BCUT2D eigenvalue weighted by Gasteiger charge is 2.53. The maximum absolute atomic E-state index is 3.85. The third kappa shape index (κ3) is 2.55. The van der Waals surface area contributed by atoms with Gasteiger partial charge in [-0.3, -0.25) is 0 Å². The van der Waals surface area contributed by atoms with Crippen LogP contribution in [0, 0.1) is 23.7 Å². The molecule has 0 amide bonds. The number of rotatable bonds is 3. The number of hydrogen-bond donors (Lipinski definition) is 1. The second-order valence-electron chi connectivity index (χ2n) is 6.77. The average molecular weight is 357 g/mol. The zero-order chi connectivity index (χ0) is 12.8. The Morgan fingerprint density at radius 1 is 1.10 bits per heavy atom. The van der Waals surface area contributed by atoms with E-state index in [9.17, 15) is 0 Å². The van der Waals surface area contributed by atoms with Gasteiger partial charge >= 0.3 is 0 Å². The van der Waals surface area contributed by atoms with E-state index in [-0.39, 0.29) is 12.4 Å². The maximum Gasteiger partial charge on any atom is 0.0208 e. The monoisotopic (exact) mass is 355 g/mol. The van der Waals surface area contributed by atoms with Crippen molar-refractivity contribution in [3.8, 4) is 0 Å². The molecule has 5 atom stereocenters. The van der Waals surface area contributed by atoms with E-state index in [4.69, 9.17) is 0 Å². The molecule has 20 heavy (non-hydrogen) atoms. The summed E-state index contributed by atoms with van der Waals surface area (Å²) in [4.78, 5) is 0. The lowest BCUT2D eigenvalue weighted by atomic mass is 9.79. The van der Waals surface area contributed by atoms with Crippen molar-refractivity contribution in [2.75, 3.05) is 0 Å². The third-order valence-corrected chi connectivity index (χ3v) is 6.38.